The number of hydrogen-bond donors (Lipinski definition) is 1. The van der Waals surface area contributed by atoms with E-state index in [9.17, 15) is 14.0 Å². The van der Waals surface area contributed by atoms with Crippen molar-refractivity contribution in [2.75, 3.05) is 24.7 Å². The van der Waals surface area contributed by atoms with Gasteiger partial charge in [-0.1, -0.05) is 30.7 Å². The summed E-state index contributed by atoms with van der Waals surface area (Å²) < 4.78 is 24.6. The van der Waals surface area contributed by atoms with Gasteiger partial charge in [-0.15, -0.1) is 0 Å². The first-order chi connectivity index (χ1) is 14.5. The molecule has 0 bridgehead atoms. The average molecular weight is 458 g/mol. The van der Waals surface area contributed by atoms with Crippen molar-refractivity contribution in [2.45, 2.75) is 25.7 Å². The van der Waals surface area contributed by atoms with Crippen LogP contribution in [0.5, 0.6) is 0 Å². The van der Waals surface area contributed by atoms with E-state index >= 15 is 0 Å². The van der Waals surface area contributed by atoms with Crippen LogP contribution in [0.2, 0.25) is 0 Å². The van der Waals surface area contributed by atoms with Crippen LogP contribution in [0.3, 0.4) is 0 Å². The SMILES string of the molecule is O=C(O)COCC1CCCC(COC(=O)N(c2ccccc2)c2cccc(F)c2)C1.[CaH2]. The van der Waals surface area contributed by atoms with E-state index in [1.54, 1.807) is 36.4 Å². The number of ether oxygens (including phenoxy) is 2. The second kappa shape index (κ2) is 13.0. The summed E-state index contributed by atoms with van der Waals surface area (Å²) in [6.45, 7) is 0.360. The molecule has 1 aliphatic rings. The van der Waals surface area contributed by atoms with E-state index < -0.39 is 17.9 Å². The van der Waals surface area contributed by atoms with Gasteiger partial charge in [-0.3, -0.25) is 0 Å². The van der Waals surface area contributed by atoms with Crippen molar-refractivity contribution in [1.29, 1.82) is 0 Å². The van der Waals surface area contributed by atoms with E-state index in [1.807, 2.05) is 6.07 Å². The first-order valence-corrected chi connectivity index (χ1v) is 10.1. The Morgan fingerprint density at radius 3 is 2.35 bits per heavy atom. The number of hydrogen-bond acceptors (Lipinski definition) is 4. The van der Waals surface area contributed by atoms with Gasteiger partial charge >= 0.3 is 49.8 Å². The summed E-state index contributed by atoms with van der Waals surface area (Å²) in [7, 11) is 0. The zero-order valence-corrected chi connectivity index (χ0v) is 16.7. The Bertz CT molecular complexity index is 851. The summed E-state index contributed by atoms with van der Waals surface area (Å²) in [4.78, 5) is 24.9. The molecule has 1 N–H and O–H groups in total. The molecule has 6 nitrogen and oxygen atoms in total. The van der Waals surface area contributed by atoms with Crippen LogP contribution in [0.15, 0.2) is 54.6 Å². The fourth-order valence-electron chi connectivity index (χ4n) is 3.82. The number of carbonyl (C=O) groups is 2. The van der Waals surface area contributed by atoms with Gasteiger partial charge in [0.1, 0.15) is 12.4 Å². The third kappa shape index (κ3) is 8.07. The van der Waals surface area contributed by atoms with Crippen LogP contribution in [0, 0.1) is 17.7 Å². The summed E-state index contributed by atoms with van der Waals surface area (Å²) in [5.74, 6) is -0.964. The number of para-hydroxylation sites is 1. The molecule has 2 atom stereocenters. The van der Waals surface area contributed by atoms with Crippen LogP contribution in [-0.2, 0) is 14.3 Å². The van der Waals surface area contributed by atoms with E-state index in [2.05, 4.69) is 0 Å². The zero-order valence-electron chi connectivity index (χ0n) is 16.7. The fraction of sp³-hybridized carbons (Fsp3) is 0.391. The van der Waals surface area contributed by atoms with Gasteiger partial charge in [0, 0.05) is 0 Å². The second-order valence-corrected chi connectivity index (χ2v) is 7.54. The number of halogens is 1. The number of anilines is 2. The van der Waals surface area contributed by atoms with E-state index in [0.717, 1.165) is 25.7 Å². The molecule has 0 spiro atoms. The molecule has 0 heterocycles. The number of carboxylic acid groups (broad SMARTS) is 1. The number of nitrogens with zero attached hydrogens (tertiary/aromatic N) is 1. The van der Waals surface area contributed by atoms with E-state index in [0.29, 0.717) is 18.0 Å². The first kappa shape index (κ1) is 25.6. The summed E-state index contributed by atoms with van der Waals surface area (Å²) >= 11 is 0. The number of amides is 1. The van der Waals surface area contributed by atoms with Gasteiger partial charge in [0.05, 0.1) is 24.6 Å². The molecule has 0 radical (unpaired) electrons. The summed E-state index contributed by atoms with van der Waals surface area (Å²) in [6.07, 6.45) is 3.15. The molecule has 0 saturated heterocycles. The monoisotopic (exact) mass is 457 g/mol. The number of benzene rings is 2. The van der Waals surface area contributed by atoms with Crippen LogP contribution >= 0.6 is 0 Å². The zero-order chi connectivity index (χ0) is 21.3. The summed E-state index contributed by atoms with van der Waals surface area (Å²) in [6, 6.07) is 14.8. The van der Waals surface area contributed by atoms with Crippen molar-refractivity contribution in [3.63, 3.8) is 0 Å². The number of rotatable bonds is 8. The second-order valence-electron chi connectivity index (χ2n) is 7.54. The van der Waals surface area contributed by atoms with Gasteiger partial charge in [0.2, 0.25) is 0 Å². The van der Waals surface area contributed by atoms with Gasteiger partial charge < -0.3 is 14.6 Å². The van der Waals surface area contributed by atoms with Crippen LogP contribution in [0.25, 0.3) is 0 Å². The fourth-order valence-corrected chi connectivity index (χ4v) is 3.82. The Kier molecular flexibility index (Phi) is 10.7. The Labute approximate surface area is 211 Å². The Hall–Kier alpha value is -1.67. The van der Waals surface area contributed by atoms with Crippen LogP contribution in [0.1, 0.15) is 25.7 Å². The number of aliphatic carboxylic acids is 1. The molecule has 1 saturated carbocycles. The van der Waals surface area contributed by atoms with Gasteiger partial charge in [0.15, 0.2) is 0 Å². The molecule has 164 valence electrons. The maximum absolute atomic E-state index is 13.8. The van der Waals surface area contributed by atoms with E-state index in [-0.39, 0.29) is 62.8 Å². The Morgan fingerprint density at radius 2 is 1.68 bits per heavy atom. The van der Waals surface area contributed by atoms with Crippen molar-refractivity contribution in [3.05, 3.63) is 60.4 Å². The molecule has 2 aromatic rings. The van der Waals surface area contributed by atoms with Gasteiger partial charge in [-0.25, -0.2) is 18.9 Å². The molecule has 31 heavy (non-hydrogen) atoms. The third-order valence-corrected chi connectivity index (χ3v) is 5.18. The molecule has 3 rings (SSSR count). The standard InChI is InChI=1S/C23H26FNO5.Ca.2H/c24-19-8-5-11-21(13-19)25(20-9-2-1-3-10-20)23(28)30-15-18-7-4-6-17(12-18)14-29-16-22(26)27;;;/h1-3,5,8-11,13,17-18H,4,6-7,12,14-16H2,(H,26,27);;;. The topological polar surface area (TPSA) is 76.1 Å². The predicted molar refractivity (Wildman–Crippen MR) is 119 cm³/mol. The van der Waals surface area contributed by atoms with E-state index in [1.165, 1.54) is 17.0 Å². The van der Waals surface area contributed by atoms with Gasteiger partial charge in [-0.2, -0.15) is 0 Å². The predicted octanol–water partition coefficient (Wildman–Crippen LogP) is 4.09. The molecular weight excluding hydrogens is 429 g/mol. The van der Waals surface area contributed by atoms with Crippen molar-refractivity contribution in [1.82, 2.24) is 0 Å². The normalized spacial score (nSPS) is 18.0. The Morgan fingerprint density at radius 1 is 1.00 bits per heavy atom. The third-order valence-electron chi connectivity index (χ3n) is 5.18. The molecule has 1 amide bonds. The minimum atomic E-state index is -0.977. The summed E-state index contributed by atoms with van der Waals surface area (Å²) in [5, 5.41) is 8.69. The number of carbonyl (C=O) groups excluding carboxylic acids is 1. The first-order valence-electron chi connectivity index (χ1n) is 10.1. The van der Waals surface area contributed by atoms with Crippen LogP contribution < -0.4 is 4.90 Å². The molecule has 2 aromatic carbocycles. The van der Waals surface area contributed by atoms with E-state index in [4.69, 9.17) is 14.6 Å². The van der Waals surface area contributed by atoms with Crippen molar-refractivity contribution >= 4 is 61.2 Å². The molecule has 1 fully saturated rings. The van der Waals surface area contributed by atoms with Crippen molar-refractivity contribution in [3.8, 4) is 0 Å². The number of carboxylic acids is 1. The van der Waals surface area contributed by atoms with Crippen molar-refractivity contribution in [2.24, 2.45) is 11.8 Å². The Balaban J connectivity index is 0.00000341. The van der Waals surface area contributed by atoms with Gasteiger partial charge in [0.25, 0.3) is 0 Å². The minimum absolute atomic E-state index is 0. The molecule has 2 unspecified atom stereocenters. The quantitative estimate of drug-likeness (QED) is 0.604. The maximum atomic E-state index is 13.8. The summed E-state index contributed by atoms with van der Waals surface area (Å²) in [5.41, 5.74) is 0.992. The molecule has 0 aliphatic heterocycles. The average Bonchev–Trinajstić information content (AvgIpc) is 2.73. The van der Waals surface area contributed by atoms with Crippen LogP contribution in [-0.4, -0.2) is 74.7 Å². The van der Waals surface area contributed by atoms with Crippen molar-refractivity contribution < 1.29 is 28.6 Å². The molecular formula is C23H28CaFNO5. The molecule has 0 aromatic heterocycles. The molecule has 8 heteroatoms. The van der Waals surface area contributed by atoms with Crippen LogP contribution in [0.4, 0.5) is 20.6 Å². The van der Waals surface area contributed by atoms with Gasteiger partial charge in [-0.05, 0) is 61.4 Å². The molecule has 1 aliphatic carbocycles.